The van der Waals surface area contributed by atoms with Gasteiger partial charge in [-0.3, -0.25) is 9.69 Å². The van der Waals surface area contributed by atoms with Gasteiger partial charge in [0.25, 0.3) is 5.91 Å². The molecule has 5 nitrogen and oxygen atoms in total. The molecule has 140 valence electrons. The first-order chi connectivity index (χ1) is 13.0. The van der Waals surface area contributed by atoms with Crippen molar-refractivity contribution in [2.24, 2.45) is 0 Å². The molecular weight excluding hydrogens is 374 g/mol. The molecule has 1 amide bonds. The quantitative estimate of drug-likeness (QED) is 0.592. The van der Waals surface area contributed by atoms with Gasteiger partial charge in [-0.25, -0.2) is 4.98 Å². The number of anilines is 2. The van der Waals surface area contributed by atoms with Gasteiger partial charge in [0.15, 0.2) is 16.6 Å². The molecule has 3 rings (SSSR count). The molecule has 0 aliphatic carbocycles. The number of hydrogen-bond acceptors (Lipinski definition) is 5. The highest BCUT2D eigenvalue weighted by atomic mass is 32.1. The summed E-state index contributed by atoms with van der Waals surface area (Å²) in [5.41, 5.74) is 1.69. The monoisotopic (exact) mass is 390 g/mol. The van der Waals surface area contributed by atoms with Crippen LogP contribution in [0.4, 0.5) is 19.6 Å². The molecule has 0 aliphatic rings. The first-order valence-electron chi connectivity index (χ1n) is 7.94. The average molecular weight is 390 g/mol. The fourth-order valence-corrected chi connectivity index (χ4v) is 3.28. The zero-order valence-electron chi connectivity index (χ0n) is 14.6. The van der Waals surface area contributed by atoms with E-state index in [1.54, 1.807) is 12.1 Å². The van der Waals surface area contributed by atoms with Gasteiger partial charge in [0, 0.05) is 10.9 Å². The van der Waals surface area contributed by atoms with E-state index in [1.165, 1.54) is 41.5 Å². The number of para-hydroxylation sites is 1. The maximum atomic E-state index is 13.2. The Morgan fingerprint density at radius 2 is 1.89 bits per heavy atom. The highest BCUT2D eigenvalue weighted by molar-refractivity contribution is 7.14. The van der Waals surface area contributed by atoms with Crippen LogP contribution >= 0.6 is 11.3 Å². The maximum absolute atomic E-state index is 13.2. The van der Waals surface area contributed by atoms with Gasteiger partial charge >= 0.3 is 6.61 Å². The number of aromatic nitrogens is 1. The van der Waals surface area contributed by atoms with Gasteiger partial charge in [0.2, 0.25) is 0 Å². The SMILES string of the molecule is COc1cc(C(=O)N(c2ccccc2)c2nc(C)cs2)ccc1OC(F)F. The minimum atomic E-state index is -2.99. The lowest BCUT2D eigenvalue weighted by molar-refractivity contribution is -0.0512. The van der Waals surface area contributed by atoms with Crippen molar-refractivity contribution in [1.82, 2.24) is 4.98 Å². The van der Waals surface area contributed by atoms with Crippen molar-refractivity contribution in [3.63, 3.8) is 0 Å². The van der Waals surface area contributed by atoms with E-state index in [9.17, 15) is 13.6 Å². The van der Waals surface area contributed by atoms with Gasteiger partial charge < -0.3 is 9.47 Å². The summed E-state index contributed by atoms with van der Waals surface area (Å²) in [5.74, 6) is -0.456. The summed E-state index contributed by atoms with van der Waals surface area (Å²) in [6.45, 7) is -1.15. The molecule has 1 aromatic heterocycles. The van der Waals surface area contributed by atoms with Crippen molar-refractivity contribution in [3.8, 4) is 11.5 Å². The molecule has 0 radical (unpaired) electrons. The summed E-state index contributed by atoms with van der Waals surface area (Å²) >= 11 is 1.34. The number of methoxy groups -OCH3 is 1. The van der Waals surface area contributed by atoms with E-state index >= 15 is 0 Å². The number of amides is 1. The van der Waals surface area contributed by atoms with E-state index in [0.717, 1.165) is 5.69 Å². The number of ether oxygens (including phenoxy) is 2. The Bertz CT molecular complexity index is 932. The number of halogens is 2. The van der Waals surface area contributed by atoms with Crippen molar-refractivity contribution in [1.29, 1.82) is 0 Å². The fourth-order valence-electron chi connectivity index (χ4n) is 2.46. The number of benzene rings is 2. The van der Waals surface area contributed by atoms with Crippen molar-refractivity contribution < 1.29 is 23.0 Å². The normalized spacial score (nSPS) is 10.7. The zero-order chi connectivity index (χ0) is 19.4. The molecule has 0 spiro atoms. The molecule has 0 saturated heterocycles. The van der Waals surface area contributed by atoms with Gasteiger partial charge in [-0.15, -0.1) is 11.3 Å². The van der Waals surface area contributed by atoms with Gasteiger partial charge in [0.05, 0.1) is 18.5 Å². The summed E-state index contributed by atoms with van der Waals surface area (Å²) in [4.78, 5) is 19.1. The molecule has 0 atom stereocenters. The van der Waals surface area contributed by atoms with Crippen LogP contribution < -0.4 is 14.4 Å². The number of nitrogens with zero attached hydrogens (tertiary/aromatic N) is 2. The lowest BCUT2D eigenvalue weighted by atomic mass is 10.1. The van der Waals surface area contributed by atoms with E-state index in [2.05, 4.69) is 9.72 Å². The first-order valence-corrected chi connectivity index (χ1v) is 8.82. The lowest BCUT2D eigenvalue weighted by Gasteiger charge is -2.20. The molecule has 8 heteroatoms. The molecule has 3 aromatic rings. The van der Waals surface area contributed by atoms with E-state index in [-0.39, 0.29) is 23.0 Å². The molecule has 0 saturated carbocycles. The van der Waals surface area contributed by atoms with Gasteiger partial charge in [0.1, 0.15) is 0 Å². The Balaban J connectivity index is 2.02. The van der Waals surface area contributed by atoms with E-state index in [1.807, 2.05) is 30.5 Å². The van der Waals surface area contributed by atoms with Crippen LogP contribution in [0.25, 0.3) is 0 Å². The van der Waals surface area contributed by atoms with Crippen LogP contribution in [-0.2, 0) is 0 Å². The van der Waals surface area contributed by atoms with Crippen LogP contribution in [0.1, 0.15) is 16.1 Å². The molecule has 0 fully saturated rings. The molecule has 1 heterocycles. The molecule has 0 aliphatic heterocycles. The van der Waals surface area contributed by atoms with Crippen LogP contribution in [0.3, 0.4) is 0 Å². The third-order valence-electron chi connectivity index (χ3n) is 3.64. The highest BCUT2D eigenvalue weighted by Crippen LogP contribution is 2.33. The van der Waals surface area contributed by atoms with E-state index < -0.39 is 6.61 Å². The second kappa shape index (κ2) is 8.13. The largest absolute Gasteiger partial charge is 0.493 e. The minimum absolute atomic E-state index is 0.0458. The summed E-state index contributed by atoms with van der Waals surface area (Å²) < 4.78 is 34.5. The molecule has 27 heavy (non-hydrogen) atoms. The minimum Gasteiger partial charge on any atom is -0.493 e. The number of carbonyl (C=O) groups is 1. The van der Waals surface area contributed by atoms with Gasteiger partial charge in [-0.05, 0) is 37.3 Å². The second-order valence-corrected chi connectivity index (χ2v) is 6.33. The van der Waals surface area contributed by atoms with Crippen molar-refractivity contribution >= 4 is 28.1 Å². The van der Waals surface area contributed by atoms with Gasteiger partial charge in [-0.1, -0.05) is 18.2 Å². The molecule has 0 bridgehead atoms. The summed E-state index contributed by atoms with van der Waals surface area (Å²) in [7, 11) is 1.32. The number of rotatable bonds is 6. The molecule has 0 unspecified atom stereocenters. The Morgan fingerprint density at radius 1 is 1.15 bits per heavy atom. The van der Waals surface area contributed by atoms with Crippen molar-refractivity contribution in [2.75, 3.05) is 12.0 Å². The smallest absolute Gasteiger partial charge is 0.387 e. The molecule has 0 N–H and O–H groups in total. The van der Waals surface area contributed by atoms with Crippen molar-refractivity contribution in [2.45, 2.75) is 13.5 Å². The topological polar surface area (TPSA) is 51.7 Å². The fraction of sp³-hybridized carbons (Fsp3) is 0.158. The Kier molecular flexibility index (Phi) is 5.66. The number of aryl methyl sites for hydroxylation is 1. The van der Waals surface area contributed by atoms with Crippen LogP contribution in [0.2, 0.25) is 0 Å². The first kappa shape index (κ1) is 18.8. The van der Waals surface area contributed by atoms with E-state index in [0.29, 0.717) is 10.8 Å². The third-order valence-corrected chi connectivity index (χ3v) is 4.59. The predicted octanol–water partition coefficient (Wildman–Crippen LogP) is 5.04. The van der Waals surface area contributed by atoms with Crippen LogP contribution in [0.5, 0.6) is 11.5 Å². The highest BCUT2D eigenvalue weighted by Gasteiger charge is 2.24. The number of hydrogen-bond donors (Lipinski definition) is 0. The van der Waals surface area contributed by atoms with Crippen LogP contribution in [-0.4, -0.2) is 24.6 Å². The maximum Gasteiger partial charge on any atom is 0.387 e. The second-order valence-electron chi connectivity index (χ2n) is 5.49. The summed E-state index contributed by atoms with van der Waals surface area (Å²) in [6.07, 6.45) is 0. The average Bonchev–Trinajstić information content (AvgIpc) is 3.08. The predicted molar refractivity (Wildman–Crippen MR) is 99.4 cm³/mol. The standard InChI is InChI=1S/C19H16F2N2O3S/c1-12-11-27-19(22-12)23(14-6-4-3-5-7-14)17(24)13-8-9-15(26-18(20)21)16(10-13)25-2/h3-11,18H,1-2H3. The van der Waals surface area contributed by atoms with Crippen LogP contribution in [0.15, 0.2) is 53.9 Å². The Hall–Kier alpha value is -3.00. The Morgan fingerprint density at radius 3 is 2.48 bits per heavy atom. The van der Waals surface area contributed by atoms with Gasteiger partial charge in [-0.2, -0.15) is 8.78 Å². The van der Waals surface area contributed by atoms with E-state index in [4.69, 9.17) is 4.74 Å². The molecular formula is C19H16F2N2O3S. The summed E-state index contributed by atoms with van der Waals surface area (Å²) in [6, 6.07) is 13.1. The third kappa shape index (κ3) is 4.22. The molecule has 2 aromatic carbocycles. The lowest BCUT2D eigenvalue weighted by Crippen LogP contribution is -2.26. The summed E-state index contributed by atoms with van der Waals surface area (Å²) in [5, 5.41) is 2.36. The zero-order valence-corrected chi connectivity index (χ0v) is 15.4. The Labute approximate surface area is 158 Å². The number of carbonyl (C=O) groups excluding carboxylic acids is 1. The number of thiazole rings is 1. The number of alkyl halides is 2. The van der Waals surface area contributed by atoms with Crippen LogP contribution in [0, 0.1) is 6.92 Å². The van der Waals surface area contributed by atoms with Crippen molar-refractivity contribution in [3.05, 3.63) is 65.2 Å².